The Morgan fingerprint density at radius 3 is 1.67 bits per heavy atom. The third-order valence-electron chi connectivity index (χ3n) is 9.76. The molecule has 0 spiro atoms. The number of fused-ring (bicyclic) bond motifs is 8. The van der Waals surface area contributed by atoms with Crippen LogP contribution < -0.4 is 0 Å². The van der Waals surface area contributed by atoms with Crippen LogP contribution in [0.1, 0.15) is 0 Å². The van der Waals surface area contributed by atoms with Crippen LogP contribution >= 0.6 is 0 Å². The van der Waals surface area contributed by atoms with Crippen LogP contribution in [0.4, 0.5) is 0 Å². The molecule has 0 aliphatic carbocycles. The van der Waals surface area contributed by atoms with Crippen LogP contribution in [0.5, 0.6) is 0 Å². The summed E-state index contributed by atoms with van der Waals surface area (Å²) in [5.74, 6) is 0. The van der Waals surface area contributed by atoms with Crippen molar-refractivity contribution >= 4 is 54.4 Å². The molecule has 0 fully saturated rings. The second-order valence-corrected chi connectivity index (χ2v) is 12.5. The predicted octanol–water partition coefficient (Wildman–Crippen LogP) is 12.0. The molecule has 10 rings (SSSR count). The average Bonchev–Trinajstić information content (AvgIpc) is 3.52. The van der Waals surface area contributed by atoms with Crippen molar-refractivity contribution in [3.05, 3.63) is 176 Å². The number of aromatic nitrogens is 3. The molecule has 3 nitrogen and oxygen atoms in total. The Hall–Kier alpha value is -6.58. The Kier molecular flexibility index (Phi) is 6.18. The van der Waals surface area contributed by atoms with Crippen LogP contribution in [-0.4, -0.2) is 14.5 Å². The third kappa shape index (κ3) is 4.29. The van der Waals surface area contributed by atoms with Crippen molar-refractivity contribution in [1.82, 2.24) is 14.5 Å². The van der Waals surface area contributed by atoms with E-state index in [0.29, 0.717) is 0 Å². The van der Waals surface area contributed by atoms with E-state index in [1.807, 2.05) is 12.1 Å². The zero-order valence-corrected chi connectivity index (χ0v) is 26.6. The third-order valence-corrected chi connectivity index (χ3v) is 9.76. The van der Waals surface area contributed by atoms with E-state index in [1.165, 1.54) is 43.4 Å². The molecule has 2 heterocycles. The van der Waals surface area contributed by atoms with E-state index in [9.17, 15) is 0 Å². The van der Waals surface area contributed by atoms with Gasteiger partial charge >= 0.3 is 0 Å². The molecule has 228 valence electrons. The average molecular weight is 624 g/mol. The Morgan fingerprint density at radius 2 is 0.959 bits per heavy atom. The first-order chi connectivity index (χ1) is 24.3. The van der Waals surface area contributed by atoms with Gasteiger partial charge in [-0.05, 0) is 56.9 Å². The van der Waals surface area contributed by atoms with E-state index in [-0.39, 0.29) is 0 Å². The van der Waals surface area contributed by atoms with Gasteiger partial charge in [0.15, 0.2) is 0 Å². The number of para-hydroxylation sites is 1. The molecule has 0 aliphatic heterocycles. The van der Waals surface area contributed by atoms with Gasteiger partial charge in [-0.3, -0.25) is 0 Å². The van der Waals surface area contributed by atoms with Gasteiger partial charge in [-0.2, -0.15) is 0 Å². The van der Waals surface area contributed by atoms with Crippen molar-refractivity contribution in [2.75, 3.05) is 0 Å². The Morgan fingerprint density at radius 1 is 0.388 bits per heavy atom. The van der Waals surface area contributed by atoms with Gasteiger partial charge in [-0.1, -0.05) is 152 Å². The van der Waals surface area contributed by atoms with Gasteiger partial charge in [-0.25, -0.2) is 9.97 Å². The monoisotopic (exact) mass is 623 g/mol. The zero-order valence-electron chi connectivity index (χ0n) is 26.6. The highest BCUT2D eigenvalue weighted by Crippen LogP contribution is 2.44. The molecule has 3 heteroatoms. The number of benzene rings is 8. The van der Waals surface area contributed by atoms with Gasteiger partial charge in [0.05, 0.1) is 33.6 Å². The van der Waals surface area contributed by atoms with Gasteiger partial charge in [0.1, 0.15) is 5.52 Å². The quantitative estimate of drug-likeness (QED) is 0.195. The predicted molar refractivity (Wildman–Crippen MR) is 205 cm³/mol. The van der Waals surface area contributed by atoms with Gasteiger partial charge < -0.3 is 4.57 Å². The van der Waals surface area contributed by atoms with E-state index in [1.54, 1.807) is 0 Å². The Labute approximate surface area is 283 Å². The fourth-order valence-electron chi connectivity index (χ4n) is 7.59. The molecule has 0 amide bonds. The molecular formula is C46H29N3. The van der Waals surface area contributed by atoms with Gasteiger partial charge in [0.25, 0.3) is 0 Å². The minimum absolute atomic E-state index is 0.857. The molecule has 2 aromatic heterocycles. The number of rotatable bonds is 4. The maximum atomic E-state index is 5.51. The van der Waals surface area contributed by atoms with Crippen molar-refractivity contribution in [3.63, 3.8) is 0 Å². The number of hydrogen-bond donors (Lipinski definition) is 0. The largest absolute Gasteiger partial charge is 0.307 e. The van der Waals surface area contributed by atoms with E-state index < -0.39 is 0 Å². The molecule has 8 aromatic carbocycles. The molecular weight excluding hydrogens is 595 g/mol. The van der Waals surface area contributed by atoms with Gasteiger partial charge in [0.2, 0.25) is 0 Å². The highest BCUT2D eigenvalue weighted by atomic mass is 15.0. The topological polar surface area (TPSA) is 30.7 Å². The van der Waals surface area contributed by atoms with Crippen LogP contribution in [0.2, 0.25) is 0 Å². The summed E-state index contributed by atoms with van der Waals surface area (Å²) >= 11 is 0. The maximum absolute atomic E-state index is 5.51. The summed E-state index contributed by atoms with van der Waals surface area (Å²) in [6, 6.07) is 62.4. The van der Waals surface area contributed by atoms with Crippen LogP contribution in [0.25, 0.3) is 93.7 Å². The molecule has 0 radical (unpaired) electrons. The van der Waals surface area contributed by atoms with Crippen molar-refractivity contribution < 1.29 is 0 Å². The summed E-state index contributed by atoms with van der Waals surface area (Å²) in [6.07, 6.45) is 0. The fourth-order valence-corrected chi connectivity index (χ4v) is 7.59. The van der Waals surface area contributed by atoms with E-state index in [0.717, 1.165) is 50.3 Å². The first kappa shape index (κ1) is 27.5. The first-order valence-corrected chi connectivity index (χ1v) is 16.7. The molecule has 49 heavy (non-hydrogen) atoms. The Bertz CT molecular complexity index is 2850. The molecule has 0 aliphatic rings. The standard InChI is InChI=1S/C46H29N3/c1-4-15-30(16-5-1)37-29-41-43(36-24-13-12-23-35(36)37)42-34-22-11-10-17-31(34)27-28-39(42)49(41)40-26-14-25-38-46(40)48-45(33-20-8-3-9-21-33)44(47-38)32-18-6-2-7-19-32/h1-29H. The zero-order chi connectivity index (χ0) is 32.3. The number of hydrogen-bond acceptors (Lipinski definition) is 2. The van der Waals surface area contributed by atoms with Crippen molar-refractivity contribution in [2.45, 2.75) is 0 Å². The lowest BCUT2D eigenvalue weighted by Gasteiger charge is -2.15. The van der Waals surface area contributed by atoms with Crippen molar-refractivity contribution in [2.24, 2.45) is 0 Å². The Balaban J connectivity index is 1.38. The normalized spacial score (nSPS) is 11.7. The second-order valence-electron chi connectivity index (χ2n) is 12.5. The van der Waals surface area contributed by atoms with Crippen LogP contribution in [0.15, 0.2) is 176 Å². The summed E-state index contributed by atoms with van der Waals surface area (Å²) in [7, 11) is 0. The molecule has 0 bridgehead atoms. The summed E-state index contributed by atoms with van der Waals surface area (Å²) in [5, 5.41) is 7.44. The second kappa shape index (κ2) is 11.0. The molecule has 0 N–H and O–H groups in total. The van der Waals surface area contributed by atoms with Crippen LogP contribution in [0, 0.1) is 0 Å². The minimum Gasteiger partial charge on any atom is -0.307 e. The highest BCUT2D eigenvalue weighted by molar-refractivity contribution is 6.30. The van der Waals surface area contributed by atoms with Gasteiger partial charge in [0, 0.05) is 21.9 Å². The fraction of sp³-hybridized carbons (Fsp3) is 0. The summed E-state index contributed by atoms with van der Waals surface area (Å²) in [5.41, 5.74) is 11.2. The maximum Gasteiger partial charge on any atom is 0.113 e. The lowest BCUT2D eigenvalue weighted by molar-refractivity contribution is 1.17. The lowest BCUT2D eigenvalue weighted by atomic mass is 9.94. The molecule has 0 atom stereocenters. The van der Waals surface area contributed by atoms with Crippen molar-refractivity contribution in [1.29, 1.82) is 0 Å². The molecule has 0 saturated heterocycles. The van der Waals surface area contributed by atoms with Gasteiger partial charge in [-0.15, -0.1) is 0 Å². The lowest BCUT2D eigenvalue weighted by Crippen LogP contribution is -2.01. The SMILES string of the molecule is c1ccc(-c2nc3cccc(-n4c5ccc6ccccc6c5c5c6ccccc6c(-c6ccccc6)cc54)c3nc2-c2ccccc2)cc1. The summed E-state index contributed by atoms with van der Waals surface area (Å²) in [4.78, 5) is 10.9. The van der Waals surface area contributed by atoms with Crippen molar-refractivity contribution in [3.8, 4) is 39.3 Å². The number of nitrogens with zero attached hydrogens (tertiary/aromatic N) is 3. The van der Waals surface area contributed by atoms with Crippen LogP contribution in [0.3, 0.4) is 0 Å². The smallest absolute Gasteiger partial charge is 0.113 e. The first-order valence-electron chi connectivity index (χ1n) is 16.7. The minimum atomic E-state index is 0.857. The van der Waals surface area contributed by atoms with E-state index in [2.05, 4.69) is 168 Å². The molecule has 10 aromatic rings. The molecule has 0 saturated carbocycles. The van der Waals surface area contributed by atoms with Crippen LogP contribution in [-0.2, 0) is 0 Å². The van der Waals surface area contributed by atoms with E-state index in [4.69, 9.17) is 9.97 Å². The molecule has 0 unspecified atom stereocenters. The van der Waals surface area contributed by atoms with E-state index >= 15 is 0 Å². The summed E-state index contributed by atoms with van der Waals surface area (Å²) in [6.45, 7) is 0. The summed E-state index contributed by atoms with van der Waals surface area (Å²) < 4.78 is 2.42. The highest BCUT2D eigenvalue weighted by Gasteiger charge is 2.22.